The van der Waals surface area contributed by atoms with Gasteiger partial charge in [-0.3, -0.25) is 4.79 Å². The Morgan fingerprint density at radius 1 is 1.00 bits per heavy atom. The third-order valence-corrected chi connectivity index (χ3v) is 5.22. The molecular formula is C24H19BrClN3O3. The molecule has 1 aromatic heterocycles. The molecule has 0 bridgehead atoms. The number of amides is 1. The van der Waals surface area contributed by atoms with Crippen molar-refractivity contribution in [2.45, 2.75) is 13.3 Å². The van der Waals surface area contributed by atoms with E-state index in [1.807, 2.05) is 48.5 Å². The van der Waals surface area contributed by atoms with Gasteiger partial charge in [-0.1, -0.05) is 45.7 Å². The van der Waals surface area contributed by atoms with Crippen LogP contribution in [0, 0.1) is 0 Å². The van der Waals surface area contributed by atoms with Gasteiger partial charge in [-0.25, -0.2) is 4.68 Å². The molecule has 0 atom stereocenters. The molecular weight excluding hydrogens is 494 g/mol. The summed E-state index contributed by atoms with van der Waals surface area (Å²) >= 11 is 9.37. The van der Waals surface area contributed by atoms with Crippen LogP contribution < -0.4 is 14.8 Å². The molecule has 0 unspecified atom stereocenters. The monoisotopic (exact) mass is 511 g/mol. The minimum atomic E-state index is -0.233. The first-order chi connectivity index (χ1) is 15.5. The number of nitrogens with zero attached hydrogens (tertiary/aromatic N) is 2. The number of carbonyl (C=O) groups excluding carboxylic acids is 1. The van der Waals surface area contributed by atoms with Gasteiger partial charge in [-0.2, -0.15) is 5.10 Å². The third kappa shape index (κ3) is 6.12. The summed E-state index contributed by atoms with van der Waals surface area (Å²) < 4.78 is 14.0. The van der Waals surface area contributed by atoms with Crippen LogP contribution in [0.4, 0.5) is 5.69 Å². The van der Waals surface area contributed by atoms with Crippen LogP contribution in [0.3, 0.4) is 0 Å². The molecule has 0 saturated carbocycles. The number of halogens is 2. The van der Waals surface area contributed by atoms with Gasteiger partial charge in [0.05, 0.1) is 18.1 Å². The van der Waals surface area contributed by atoms with Gasteiger partial charge in [0.25, 0.3) is 5.91 Å². The zero-order valence-electron chi connectivity index (χ0n) is 16.9. The molecule has 32 heavy (non-hydrogen) atoms. The Balaban J connectivity index is 1.32. The van der Waals surface area contributed by atoms with Crippen molar-refractivity contribution in [2.75, 3.05) is 5.32 Å². The van der Waals surface area contributed by atoms with E-state index in [1.54, 1.807) is 41.3 Å². The minimum Gasteiger partial charge on any atom is -0.489 e. The molecule has 6 nitrogen and oxygen atoms in total. The van der Waals surface area contributed by atoms with E-state index in [1.165, 1.54) is 0 Å². The molecule has 0 fully saturated rings. The lowest BCUT2D eigenvalue weighted by Gasteiger charge is -2.08. The maximum absolute atomic E-state index is 12.7. The molecule has 0 aliphatic rings. The second-order valence-corrected chi connectivity index (χ2v) is 8.25. The largest absolute Gasteiger partial charge is 0.489 e. The van der Waals surface area contributed by atoms with Crippen molar-refractivity contribution in [3.05, 3.63) is 106 Å². The van der Waals surface area contributed by atoms with Crippen molar-refractivity contribution in [2.24, 2.45) is 0 Å². The van der Waals surface area contributed by atoms with Gasteiger partial charge in [-0.15, -0.1) is 0 Å². The van der Waals surface area contributed by atoms with E-state index in [2.05, 4.69) is 26.3 Å². The fourth-order valence-electron chi connectivity index (χ4n) is 2.90. The van der Waals surface area contributed by atoms with Crippen LogP contribution in [-0.2, 0) is 13.3 Å². The van der Waals surface area contributed by atoms with Crippen LogP contribution in [-0.4, -0.2) is 15.7 Å². The van der Waals surface area contributed by atoms with Crippen LogP contribution >= 0.6 is 27.5 Å². The van der Waals surface area contributed by atoms with Gasteiger partial charge in [0, 0.05) is 15.1 Å². The molecule has 0 aliphatic carbocycles. The van der Waals surface area contributed by atoms with Gasteiger partial charge in [0.15, 0.2) is 6.73 Å². The molecule has 1 heterocycles. The van der Waals surface area contributed by atoms with Gasteiger partial charge in [-0.05, 0) is 60.2 Å². The lowest BCUT2D eigenvalue weighted by molar-refractivity contribution is 0.102. The second kappa shape index (κ2) is 10.3. The number of carbonyl (C=O) groups is 1. The summed E-state index contributed by atoms with van der Waals surface area (Å²) in [4.78, 5) is 12.7. The standard InChI is InChI=1S/C24H19BrClN3O3/c25-19-7-9-22(10-8-19)32-16-29-14-21(13-27-29)28-24(30)18-4-1-3-17(11-18)15-31-23-6-2-5-20(26)12-23/h1-14H,15-16H2,(H,28,30). The fraction of sp³-hybridized carbons (Fsp3) is 0.0833. The summed E-state index contributed by atoms with van der Waals surface area (Å²) in [5, 5.41) is 7.68. The first-order valence-electron chi connectivity index (χ1n) is 9.75. The fourth-order valence-corrected chi connectivity index (χ4v) is 3.34. The average Bonchev–Trinajstić information content (AvgIpc) is 3.25. The summed E-state index contributed by atoms with van der Waals surface area (Å²) in [5.41, 5.74) is 1.97. The van der Waals surface area contributed by atoms with Crippen LogP contribution in [0.5, 0.6) is 11.5 Å². The van der Waals surface area contributed by atoms with E-state index in [9.17, 15) is 4.79 Å². The number of anilines is 1. The topological polar surface area (TPSA) is 65.4 Å². The molecule has 1 amide bonds. The van der Waals surface area contributed by atoms with E-state index < -0.39 is 0 Å². The summed E-state index contributed by atoms with van der Waals surface area (Å²) in [7, 11) is 0. The number of benzene rings is 3. The molecule has 0 aliphatic heterocycles. The maximum Gasteiger partial charge on any atom is 0.255 e. The van der Waals surface area contributed by atoms with Crippen molar-refractivity contribution < 1.29 is 14.3 Å². The highest BCUT2D eigenvalue weighted by Gasteiger charge is 2.09. The Hall–Kier alpha value is -3.29. The third-order valence-electron chi connectivity index (χ3n) is 4.46. The second-order valence-electron chi connectivity index (χ2n) is 6.90. The number of ether oxygens (including phenoxy) is 2. The first kappa shape index (κ1) is 21.9. The zero-order valence-corrected chi connectivity index (χ0v) is 19.2. The van der Waals surface area contributed by atoms with Crippen molar-refractivity contribution in [3.63, 3.8) is 0 Å². The molecule has 0 radical (unpaired) electrons. The highest BCUT2D eigenvalue weighted by molar-refractivity contribution is 9.10. The normalized spacial score (nSPS) is 10.6. The predicted molar refractivity (Wildman–Crippen MR) is 127 cm³/mol. The first-order valence-corrected chi connectivity index (χ1v) is 10.9. The quantitative estimate of drug-likeness (QED) is 0.307. The molecule has 162 valence electrons. The molecule has 0 saturated heterocycles. The van der Waals surface area contributed by atoms with Crippen LogP contribution in [0.15, 0.2) is 89.7 Å². The minimum absolute atomic E-state index is 0.230. The van der Waals surface area contributed by atoms with E-state index >= 15 is 0 Å². The number of nitrogens with one attached hydrogen (secondary N) is 1. The number of aromatic nitrogens is 2. The lowest BCUT2D eigenvalue weighted by Crippen LogP contribution is -2.12. The van der Waals surface area contributed by atoms with E-state index in [0.717, 1.165) is 15.8 Å². The van der Waals surface area contributed by atoms with Gasteiger partial charge < -0.3 is 14.8 Å². The van der Waals surface area contributed by atoms with Crippen LogP contribution in [0.2, 0.25) is 5.02 Å². The molecule has 4 aromatic rings. The zero-order chi connectivity index (χ0) is 22.3. The molecule has 8 heteroatoms. The number of hydrogen-bond acceptors (Lipinski definition) is 4. The van der Waals surface area contributed by atoms with Crippen molar-refractivity contribution >= 4 is 39.1 Å². The Labute approximate surface area is 198 Å². The molecule has 4 rings (SSSR count). The van der Waals surface area contributed by atoms with Gasteiger partial charge >= 0.3 is 0 Å². The smallest absolute Gasteiger partial charge is 0.255 e. The lowest BCUT2D eigenvalue weighted by atomic mass is 10.1. The van der Waals surface area contributed by atoms with E-state index in [4.69, 9.17) is 21.1 Å². The Kier molecular flexibility index (Phi) is 7.09. The van der Waals surface area contributed by atoms with Crippen molar-refractivity contribution in [3.8, 4) is 11.5 Å². The van der Waals surface area contributed by atoms with Gasteiger partial charge in [0.2, 0.25) is 0 Å². The van der Waals surface area contributed by atoms with Crippen LogP contribution in [0.1, 0.15) is 15.9 Å². The molecule has 1 N–H and O–H groups in total. The number of hydrogen-bond donors (Lipinski definition) is 1. The van der Waals surface area contributed by atoms with Crippen LogP contribution in [0.25, 0.3) is 0 Å². The highest BCUT2D eigenvalue weighted by Crippen LogP contribution is 2.19. The maximum atomic E-state index is 12.7. The summed E-state index contributed by atoms with van der Waals surface area (Å²) in [5.74, 6) is 1.17. The molecule has 0 spiro atoms. The predicted octanol–water partition coefficient (Wildman–Crippen LogP) is 6.17. The Bertz CT molecular complexity index is 1210. The summed E-state index contributed by atoms with van der Waals surface area (Å²) in [6.07, 6.45) is 3.29. The molecule has 3 aromatic carbocycles. The summed E-state index contributed by atoms with van der Waals surface area (Å²) in [6.45, 7) is 0.556. The highest BCUT2D eigenvalue weighted by atomic mass is 79.9. The van der Waals surface area contributed by atoms with E-state index in [-0.39, 0.29) is 12.6 Å². The average molecular weight is 513 g/mol. The van der Waals surface area contributed by atoms with Gasteiger partial charge in [0.1, 0.15) is 18.1 Å². The Morgan fingerprint density at radius 3 is 2.62 bits per heavy atom. The Morgan fingerprint density at radius 2 is 1.81 bits per heavy atom. The number of rotatable bonds is 8. The van der Waals surface area contributed by atoms with E-state index in [0.29, 0.717) is 28.6 Å². The summed E-state index contributed by atoms with van der Waals surface area (Å²) in [6, 6.07) is 22.0. The van der Waals surface area contributed by atoms with Crippen molar-refractivity contribution in [1.29, 1.82) is 0 Å². The van der Waals surface area contributed by atoms with Crippen molar-refractivity contribution in [1.82, 2.24) is 9.78 Å². The SMILES string of the molecule is O=C(Nc1cnn(COc2ccc(Br)cc2)c1)c1cccc(COc2cccc(Cl)c2)c1.